The fourth-order valence-electron chi connectivity index (χ4n) is 3.32. The number of sulfonamides is 1. The van der Waals surface area contributed by atoms with Gasteiger partial charge in [0.05, 0.1) is 10.6 Å². The quantitative estimate of drug-likeness (QED) is 0.472. The van der Waals surface area contributed by atoms with Crippen molar-refractivity contribution in [2.45, 2.75) is 11.8 Å². The van der Waals surface area contributed by atoms with Crippen LogP contribution < -0.4 is 9.62 Å². The van der Waals surface area contributed by atoms with Gasteiger partial charge in [-0.15, -0.1) is 0 Å². The van der Waals surface area contributed by atoms with Crippen molar-refractivity contribution in [2.75, 3.05) is 16.7 Å². The molecule has 0 fully saturated rings. The highest BCUT2D eigenvalue weighted by Crippen LogP contribution is 2.24. The molecule has 0 atom stereocenters. The van der Waals surface area contributed by atoms with Crippen LogP contribution >= 0.6 is 0 Å². The Hall–Kier alpha value is -3.64. The molecule has 4 aromatic rings. The second kappa shape index (κ2) is 8.24. The number of benzene rings is 4. The van der Waals surface area contributed by atoms with E-state index in [1.54, 1.807) is 48.5 Å². The number of nitrogens with zero attached hydrogens (tertiary/aromatic N) is 1. The van der Waals surface area contributed by atoms with Crippen LogP contribution in [0.25, 0.3) is 10.8 Å². The van der Waals surface area contributed by atoms with E-state index in [-0.39, 0.29) is 10.8 Å². The van der Waals surface area contributed by atoms with E-state index < -0.39 is 10.0 Å². The predicted octanol–water partition coefficient (Wildman–Crippen LogP) is 5.23. The van der Waals surface area contributed by atoms with E-state index in [2.05, 4.69) is 5.32 Å². The first-order valence-electron chi connectivity index (χ1n) is 9.80. The van der Waals surface area contributed by atoms with Crippen molar-refractivity contribution in [3.05, 3.63) is 102 Å². The van der Waals surface area contributed by atoms with Crippen LogP contribution in [-0.4, -0.2) is 21.4 Å². The second-order valence-electron chi connectivity index (χ2n) is 7.35. The molecule has 0 saturated heterocycles. The molecule has 31 heavy (non-hydrogen) atoms. The topological polar surface area (TPSA) is 66.5 Å². The van der Waals surface area contributed by atoms with E-state index >= 15 is 0 Å². The lowest BCUT2D eigenvalue weighted by Crippen LogP contribution is -2.26. The summed E-state index contributed by atoms with van der Waals surface area (Å²) in [7, 11) is -2.25. The Bertz CT molecular complexity index is 1360. The van der Waals surface area contributed by atoms with Gasteiger partial charge in [-0.3, -0.25) is 9.10 Å². The number of anilines is 2. The Morgan fingerprint density at radius 3 is 2.26 bits per heavy atom. The molecule has 0 aromatic heterocycles. The van der Waals surface area contributed by atoms with Crippen LogP contribution in [-0.2, 0) is 10.0 Å². The van der Waals surface area contributed by atoms with Crippen LogP contribution in [0.3, 0.4) is 0 Å². The SMILES string of the molecule is Cc1ccc(S(=O)(=O)N(C)c2cccc(C(=O)Nc3ccc4ccccc4c3)c2)cc1. The molecule has 6 heteroatoms. The molecule has 4 aromatic carbocycles. The smallest absolute Gasteiger partial charge is 0.264 e. The average molecular weight is 431 g/mol. The number of amides is 1. The fourth-order valence-corrected chi connectivity index (χ4v) is 4.51. The van der Waals surface area contributed by atoms with Gasteiger partial charge in [-0.1, -0.05) is 54.1 Å². The maximum Gasteiger partial charge on any atom is 0.264 e. The molecule has 156 valence electrons. The lowest BCUT2D eigenvalue weighted by Gasteiger charge is -2.20. The molecule has 0 saturated carbocycles. The molecule has 4 rings (SSSR count). The Labute approximate surface area is 182 Å². The summed E-state index contributed by atoms with van der Waals surface area (Å²) < 4.78 is 27.1. The number of rotatable bonds is 5. The zero-order valence-electron chi connectivity index (χ0n) is 17.2. The number of carbonyl (C=O) groups is 1. The third-order valence-electron chi connectivity index (χ3n) is 5.16. The normalized spacial score (nSPS) is 11.3. The molecule has 0 heterocycles. The first-order valence-corrected chi connectivity index (χ1v) is 11.2. The van der Waals surface area contributed by atoms with Gasteiger partial charge in [-0.05, 0) is 60.2 Å². The fraction of sp³-hybridized carbons (Fsp3) is 0.0800. The molecule has 0 aliphatic rings. The predicted molar refractivity (Wildman–Crippen MR) is 125 cm³/mol. The van der Waals surface area contributed by atoms with E-state index in [9.17, 15) is 13.2 Å². The highest BCUT2D eigenvalue weighted by atomic mass is 32.2. The molecule has 1 amide bonds. The van der Waals surface area contributed by atoms with Crippen LogP contribution in [0.15, 0.2) is 95.9 Å². The van der Waals surface area contributed by atoms with Gasteiger partial charge in [0.25, 0.3) is 15.9 Å². The van der Waals surface area contributed by atoms with Crippen LogP contribution in [0, 0.1) is 6.92 Å². The van der Waals surface area contributed by atoms with Crippen LogP contribution in [0.5, 0.6) is 0 Å². The number of hydrogen-bond donors (Lipinski definition) is 1. The van der Waals surface area contributed by atoms with Crippen molar-refractivity contribution in [3.63, 3.8) is 0 Å². The Balaban J connectivity index is 1.58. The summed E-state index contributed by atoms with van der Waals surface area (Å²) in [4.78, 5) is 13.0. The standard InChI is InChI=1S/C25H22N2O3S/c1-18-10-14-24(15-11-18)31(29,30)27(2)23-9-5-8-21(17-23)25(28)26-22-13-12-19-6-3-4-7-20(19)16-22/h3-17H,1-2H3,(H,26,28). The number of hydrogen-bond acceptors (Lipinski definition) is 3. The zero-order chi connectivity index (χ0) is 22.0. The molecule has 0 aliphatic heterocycles. The van der Waals surface area contributed by atoms with Crippen molar-refractivity contribution in [3.8, 4) is 0 Å². The van der Waals surface area contributed by atoms with Gasteiger partial charge in [0.2, 0.25) is 0 Å². The highest BCUT2D eigenvalue weighted by molar-refractivity contribution is 7.92. The zero-order valence-corrected chi connectivity index (χ0v) is 18.1. The van der Waals surface area contributed by atoms with E-state index in [0.29, 0.717) is 16.9 Å². The monoisotopic (exact) mass is 430 g/mol. The summed E-state index contributed by atoms with van der Waals surface area (Å²) in [5, 5.41) is 5.00. The van der Waals surface area contributed by atoms with Crippen molar-refractivity contribution >= 4 is 38.1 Å². The maximum atomic E-state index is 13.0. The molecule has 0 unspecified atom stereocenters. The molecule has 0 spiro atoms. The first-order chi connectivity index (χ1) is 14.8. The lowest BCUT2D eigenvalue weighted by molar-refractivity contribution is 0.102. The van der Waals surface area contributed by atoms with Gasteiger partial charge in [0, 0.05) is 18.3 Å². The van der Waals surface area contributed by atoms with Gasteiger partial charge in [-0.25, -0.2) is 8.42 Å². The van der Waals surface area contributed by atoms with E-state index in [1.807, 2.05) is 49.4 Å². The van der Waals surface area contributed by atoms with Gasteiger partial charge in [-0.2, -0.15) is 0 Å². The minimum absolute atomic E-state index is 0.201. The van der Waals surface area contributed by atoms with Crippen molar-refractivity contribution in [1.82, 2.24) is 0 Å². The summed E-state index contributed by atoms with van der Waals surface area (Å²) in [6.45, 7) is 1.90. The number of nitrogens with one attached hydrogen (secondary N) is 1. The van der Waals surface area contributed by atoms with E-state index in [1.165, 1.54) is 11.4 Å². The van der Waals surface area contributed by atoms with Gasteiger partial charge in [0.15, 0.2) is 0 Å². The van der Waals surface area contributed by atoms with Crippen molar-refractivity contribution < 1.29 is 13.2 Å². The minimum Gasteiger partial charge on any atom is -0.322 e. The van der Waals surface area contributed by atoms with Crippen LogP contribution in [0.1, 0.15) is 15.9 Å². The van der Waals surface area contributed by atoms with Crippen molar-refractivity contribution in [2.24, 2.45) is 0 Å². The molecule has 0 bridgehead atoms. The molecule has 1 N–H and O–H groups in total. The molecule has 0 aliphatic carbocycles. The first kappa shape index (κ1) is 20.6. The largest absolute Gasteiger partial charge is 0.322 e. The van der Waals surface area contributed by atoms with Gasteiger partial charge in [0.1, 0.15) is 0 Å². The summed E-state index contributed by atoms with van der Waals surface area (Å²) in [6, 6.07) is 26.8. The third-order valence-corrected chi connectivity index (χ3v) is 6.96. The van der Waals surface area contributed by atoms with E-state index in [0.717, 1.165) is 16.3 Å². The second-order valence-corrected chi connectivity index (χ2v) is 9.32. The minimum atomic E-state index is -3.73. The number of carbonyl (C=O) groups excluding carboxylic acids is 1. The van der Waals surface area contributed by atoms with Gasteiger partial charge >= 0.3 is 0 Å². The Morgan fingerprint density at radius 1 is 0.806 bits per heavy atom. The van der Waals surface area contributed by atoms with Gasteiger partial charge < -0.3 is 5.32 Å². The summed E-state index contributed by atoms with van der Waals surface area (Å²) >= 11 is 0. The maximum absolute atomic E-state index is 13.0. The number of fused-ring (bicyclic) bond motifs is 1. The lowest BCUT2D eigenvalue weighted by atomic mass is 10.1. The van der Waals surface area contributed by atoms with E-state index in [4.69, 9.17) is 0 Å². The summed E-state index contributed by atoms with van der Waals surface area (Å²) in [6.07, 6.45) is 0. The van der Waals surface area contributed by atoms with Crippen LogP contribution in [0.2, 0.25) is 0 Å². The average Bonchev–Trinajstić information content (AvgIpc) is 2.79. The van der Waals surface area contributed by atoms with Crippen molar-refractivity contribution in [1.29, 1.82) is 0 Å². The van der Waals surface area contributed by atoms with Crippen LogP contribution in [0.4, 0.5) is 11.4 Å². The summed E-state index contributed by atoms with van der Waals surface area (Å²) in [5.41, 5.74) is 2.44. The molecule has 0 radical (unpaired) electrons. The number of aryl methyl sites for hydroxylation is 1. The molecular weight excluding hydrogens is 408 g/mol. The summed E-state index contributed by atoms with van der Waals surface area (Å²) in [5.74, 6) is -0.307. The Kier molecular flexibility index (Phi) is 5.48. The highest BCUT2D eigenvalue weighted by Gasteiger charge is 2.22. The molecular formula is C25H22N2O3S. The Morgan fingerprint density at radius 2 is 1.52 bits per heavy atom. The third kappa shape index (κ3) is 4.29. The molecule has 5 nitrogen and oxygen atoms in total.